The highest BCUT2D eigenvalue weighted by atomic mass is 16.5. The number of rotatable bonds is 5. The number of amides is 2. The molecule has 0 unspecified atom stereocenters. The number of likely N-dealkylation sites (N-methyl/N-ethyl adjacent to an activating group) is 1. The zero-order valence-corrected chi connectivity index (χ0v) is 14.9. The Morgan fingerprint density at radius 2 is 2.35 bits per heavy atom. The Bertz CT molecular complexity index is 789. The second-order valence-electron chi connectivity index (χ2n) is 6.22. The molecule has 26 heavy (non-hydrogen) atoms. The van der Waals surface area contributed by atoms with E-state index in [4.69, 9.17) is 9.15 Å². The molecule has 1 atom stereocenters. The van der Waals surface area contributed by atoms with Crippen LogP contribution in [-0.4, -0.2) is 59.9 Å². The maximum atomic E-state index is 12.3. The Morgan fingerprint density at radius 3 is 3.12 bits per heavy atom. The summed E-state index contributed by atoms with van der Waals surface area (Å²) in [6.45, 7) is 2.23. The van der Waals surface area contributed by atoms with Gasteiger partial charge in [-0.05, 0) is 12.1 Å². The Labute approximate surface area is 151 Å². The maximum Gasteiger partial charge on any atom is 0.317 e. The van der Waals surface area contributed by atoms with Crippen LogP contribution in [0.2, 0.25) is 0 Å². The van der Waals surface area contributed by atoms with E-state index < -0.39 is 0 Å². The predicted molar refractivity (Wildman–Crippen MR) is 95.0 cm³/mol. The normalized spacial score (nSPS) is 17.2. The summed E-state index contributed by atoms with van der Waals surface area (Å²) in [4.78, 5) is 32.1. The number of urea groups is 1. The van der Waals surface area contributed by atoms with Crippen molar-refractivity contribution in [2.75, 3.05) is 38.2 Å². The van der Waals surface area contributed by atoms with Gasteiger partial charge in [0.05, 0.1) is 32.1 Å². The monoisotopic (exact) mass is 361 g/mol. The van der Waals surface area contributed by atoms with E-state index in [1.54, 1.807) is 48.6 Å². The number of morpholine rings is 1. The van der Waals surface area contributed by atoms with Crippen LogP contribution < -0.4 is 15.8 Å². The highest BCUT2D eigenvalue weighted by Gasteiger charge is 2.26. The van der Waals surface area contributed by atoms with E-state index in [0.717, 1.165) is 0 Å². The molecule has 1 aliphatic heterocycles. The van der Waals surface area contributed by atoms with Gasteiger partial charge in [-0.3, -0.25) is 4.79 Å². The average molecular weight is 361 g/mol. The second-order valence-corrected chi connectivity index (χ2v) is 6.22. The number of hydrogen-bond donors (Lipinski definition) is 1. The summed E-state index contributed by atoms with van der Waals surface area (Å²) in [6, 6.07) is 3.43. The van der Waals surface area contributed by atoms with E-state index in [1.165, 1.54) is 4.57 Å². The van der Waals surface area contributed by atoms with Crippen LogP contribution in [0.1, 0.15) is 5.76 Å². The third-order valence-electron chi connectivity index (χ3n) is 4.26. The van der Waals surface area contributed by atoms with Gasteiger partial charge in [0.1, 0.15) is 5.76 Å². The molecule has 1 N–H and O–H groups in total. The Kier molecular flexibility index (Phi) is 5.57. The van der Waals surface area contributed by atoms with E-state index >= 15 is 0 Å². The Hall–Kier alpha value is -2.81. The van der Waals surface area contributed by atoms with Crippen LogP contribution in [0.5, 0.6) is 0 Å². The number of aromatic nitrogens is 2. The second kappa shape index (κ2) is 8.05. The molecular weight excluding hydrogens is 338 g/mol. The number of carbonyl (C=O) groups excluding carboxylic acids is 1. The van der Waals surface area contributed by atoms with Gasteiger partial charge in [0.15, 0.2) is 5.82 Å². The topological polar surface area (TPSA) is 92.8 Å². The molecule has 140 valence electrons. The van der Waals surface area contributed by atoms with Crippen molar-refractivity contribution in [2.24, 2.45) is 7.05 Å². The minimum atomic E-state index is -0.199. The van der Waals surface area contributed by atoms with Crippen molar-refractivity contribution in [1.29, 1.82) is 0 Å². The van der Waals surface area contributed by atoms with Crippen molar-refractivity contribution < 1.29 is 13.9 Å². The number of aryl methyl sites for hydroxylation is 1. The van der Waals surface area contributed by atoms with E-state index in [0.29, 0.717) is 44.4 Å². The standard InChI is InChI=1S/C17H23N5O4/c1-20-6-5-18-15(16(20)23)21(2)11-14-12-22(7-9-26-14)17(24)19-10-13-4-3-8-25-13/h3-6,8,14H,7,9-12H2,1-2H3,(H,19,24)/t14-/m1/s1. The lowest BCUT2D eigenvalue weighted by Crippen LogP contribution is -2.52. The molecule has 3 rings (SSSR count). The summed E-state index contributed by atoms with van der Waals surface area (Å²) in [5, 5.41) is 2.84. The SMILES string of the molecule is CN(C[C@@H]1CN(C(=O)NCc2ccco2)CCO1)c1nccn(C)c1=O. The van der Waals surface area contributed by atoms with E-state index in [9.17, 15) is 9.59 Å². The lowest BCUT2D eigenvalue weighted by Gasteiger charge is -2.34. The molecule has 9 nitrogen and oxygen atoms in total. The number of hydrogen-bond acceptors (Lipinski definition) is 6. The molecule has 0 saturated carbocycles. The molecule has 0 aliphatic carbocycles. The highest BCUT2D eigenvalue weighted by molar-refractivity contribution is 5.74. The molecule has 1 aliphatic rings. The van der Waals surface area contributed by atoms with Gasteiger partial charge >= 0.3 is 6.03 Å². The zero-order valence-electron chi connectivity index (χ0n) is 14.9. The van der Waals surface area contributed by atoms with Crippen LogP contribution in [0.4, 0.5) is 10.6 Å². The van der Waals surface area contributed by atoms with Crippen LogP contribution in [0.25, 0.3) is 0 Å². The van der Waals surface area contributed by atoms with Gasteiger partial charge < -0.3 is 28.8 Å². The first-order chi connectivity index (χ1) is 12.5. The number of furan rings is 1. The molecule has 0 bridgehead atoms. The lowest BCUT2D eigenvalue weighted by atomic mass is 10.2. The Morgan fingerprint density at radius 1 is 1.50 bits per heavy atom. The van der Waals surface area contributed by atoms with E-state index in [2.05, 4.69) is 10.3 Å². The molecule has 2 aromatic heterocycles. The van der Waals surface area contributed by atoms with Crippen molar-refractivity contribution in [2.45, 2.75) is 12.6 Å². The van der Waals surface area contributed by atoms with Crippen molar-refractivity contribution in [1.82, 2.24) is 19.8 Å². The van der Waals surface area contributed by atoms with Crippen LogP contribution in [0.15, 0.2) is 40.0 Å². The average Bonchev–Trinajstić information content (AvgIpc) is 3.15. The van der Waals surface area contributed by atoms with Crippen molar-refractivity contribution in [3.63, 3.8) is 0 Å². The highest BCUT2D eigenvalue weighted by Crippen LogP contribution is 2.10. The lowest BCUT2D eigenvalue weighted by molar-refractivity contribution is -0.00922. The van der Waals surface area contributed by atoms with E-state index in [1.807, 2.05) is 6.07 Å². The first-order valence-corrected chi connectivity index (χ1v) is 8.44. The van der Waals surface area contributed by atoms with Gasteiger partial charge in [0, 0.05) is 39.6 Å². The molecule has 2 aromatic rings. The quantitative estimate of drug-likeness (QED) is 0.830. The minimum Gasteiger partial charge on any atom is -0.467 e. The molecular formula is C17H23N5O4. The summed E-state index contributed by atoms with van der Waals surface area (Å²) < 4.78 is 12.4. The van der Waals surface area contributed by atoms with Crippen LogP contribution >= 0.6 is 0 Å². The first-order valence-electron chi connectivity index (χ1n) is 8.44. The van der Waals surface area contributed by atoms with Gasteiger partial charge in [-0.15, -0.1) is 0 Å². The molecule has 3 heterocycles. The van der Waals surface area contributed by atoms with Crippen molar-refractivity contribution >= 4 is 11.8 Å². The first kappa shape index (κ1) is 18.0. The third kappa shape index (κ3) is 4.23. The van der Waals surface area contributed by atoms with Crippen molar-refractivity contribution in [3.8, 4) is 0 Å². The molecule has 1 fully saturated rings. The van der Waals surface area contributed by atoms with Crippen LogP contribution in [-0.2, 0) is 18.3 Å². The fourth-order valence-corrected chi connectivity index (χ4v) is 2.84. The number of nitrogens with zero attached hydrogens (tertiary/aromatic N) is 4. The predicted octanol–water partition coefficient (Wildman–Crippen LogP) is 0.420. The summed E-state index contributed by atoms with van der Waals surface area (Å²) in [5.74, 6) is 1.06. The van der Waals surface area contributed by atoms with Gasteiger partial charge in [0.2, 0.25) is 0 Å². The minimum absolute atomic E-state index is 0.161. The summed E-state index contributed by atoms with van der Waals surface area (Å²) >= 11 is 0. The fraction of sp³-hybridized carbons (Fsp3) is 0.471. The molecule has 9 heteroatoms. The third-order valence-corrected chi connectivity index (χ3v) is 4.26. The molecule has 2 amide bonds. The molecule has 1 saturated heterocycles. The zero-order chi connectivity index (χ0) is 18.5. The summed E-state index contributed by atoms with van der Waals surface area (Å²) in [6.07, 6.45) is 4.57. The smallest absolute Gasteiger partial charge is 0.317 e. The fourth-order valence-electron chi connectivity index (χ4n) is 2.84. The largest absolute Gasteiger partial charge is 0.467 e. The summed E-state index contributed by atoms with van der Waals surface area (Å²) in [5.41, 5.74) is -0.168. The van der Waals surface area contributed by atoms with Crippen LogP contribution in [0.3, 0.4) is 0 Å². The Balaban J connectivity index is 1.55. The van der Waals surface area contributed by atoms with Gasteiger partial charge in [-0.25, -0.2) is 9.78 Å². The van der Waals surface area contributed by atoms with Gasteiger partial charge in [0.25, 0.3) is 5.56 Å². The van der Waals surface area contributed by atoms with Crippen LogP contribution in [0, 0.1) is 0 Å². The number of anilines is 1. The number of carbonyl (C=O) groups is 1. The van der Waals surface area contributed by atoms with Gasteiger partial charge in [-0.2, -0.15) is 0 Å². The summed E-state index contributed by atoms with van der Waals surface area (Å²) in [7, 11) is 3.48. The van der Waals surface area contributed by atoms with E-state index in [-0.39, 0.29) is 17.7 Å². The number of nitrogens with one attached hydrogen (secondary N) is 1. The number of ether oxygens (including phenoxy) is 1. The molecule has 0 aromatic carbocycles. The molecule has 0 radical (unpaired) electrons. The molecule has 0 spiro atoms. The van der Waals surface area contributed by atoms with Crippen molar-refractivity contribution in [3.05, 3.63) is 46.9 Å². The van der Waals surface area contributed by atoms with Gasteiger partial charge in [-0.1, -0.05) is 0 Å². The maximum absolute atomic E-state index is 12.3.